The van der Waals surface area contributed by atoms with Crippen molar-refractivity contribution in [1.82, 2.24) is 15.0 Å². The van der Waals surface area contributed by atoms with Gasteiger partial charge in [-0.15, -0.1) is 0 Å². The van der Waals surface area contributed by atoms with E-state index in [9.17, 15) is 9.59 Å². The van der Waals surface area contributed by atoms with Gasteiger partial charge in [0.1, 0.15) is 11.5 Å². The van der Waals surface area contributed by atoms with Gasteiger partial charge in [-0.05, 0) is 68.2 Å². The fourth-order valence-corrected chi connectivity index (χ4v) is 5.58. The third-order valence-electron chi connectivity index (χ3n) is 7.11. The summed E-state index contributed by atoms with van der Waals surface area (Å²) < 4.78 is 10.6. The molecule has 1 saturated heterocycles. The quantitative estimate of drug-likeness (QED) is 0.459. The van der Waals surface area contributed by atoms with Gasteiger partial charge in [-0.1, -0.05) is 17.3 Å². The summed E-state index contributed by atoms with van der Waals surface area (Å²) in [5, 5.41) is 7.80. The van der Waals surface area contributed by atoms with Crippen LogP contribution in [0.25, 0.3) is 0 Å². The van der Waals surface area contributed by atoms with Gasteiger partial charge in [0, 0.05) is 37.1 Å². The van der Waals surface area contributed by atoms with E-state index in [2.05, 4.69) is 11.2 Å². The Kier molecular flexibility index (Phi) is 7.90. The second kappa shape index (κ2) is 11.1. The van der Waals surface area contributed by atoms with E-state index in [1.54, 1.807) is 7.11 Å². The van der Waals surface area contributed by atoms with Crippen LogP contribution in [0.2, 0.25) is 0 Å². The minimum absolute atomic E-state index is 0.0225. The Hall–Kier alpha value is -3.13. The van der Waals surface area contributed by atoms with E-state index in [0.29, 0.717) is 25.3 Å². The van der Waals surface area contributed by atoms with Crippen LogP contribution in [0, 0.1) is 19.8 Å². The SMILES string of the molecule is COc1cccc(C[C@@H](C2CCN(C(=O)Cc3c(C)noc3C)CC2)N(C)C(=O)c2ccsc2)c1. The van der Waals surface area contributed by atoms with Crippen molar-refractivity contribution in [3.05, 3.63) is 69.2 Å². The van der Waals surface area contributed by atoms with Crippen LogP contribution in [0.5, 0.6) is 5.75 Å². The first kappa shape index (κ1) is 25.0. The Balaban J connectivity index is 1.47. The van der Waals surface area contributed by atoms with Crippen molar-refractivity contribution in [3.8, 4) is 5.75 Å². The summed E-state index contributed by atoms with van der Waals surface area (Å²) in [7, 11) is 3.57. The number of rotatable bonds is 8. The number of hydrogen-bond donors (Lipinski definition) is 0. The number of likely N-dealkylation sites (N-methyl/N-ethyl adjacent to an activating group) is 1. The summed E-state index contributed by atoms with van der Waals surface area (Å²) in [5.74, 6) is 1.95. The molecule has 0 aliphatic carbocycles. The molecule has 1 aliphatic rings. The van der Waals surface area contributed by atoms with Crippen LogP contribution in [-0.2, 0) is 17.6 Å². The molecule has 1 aromatic carbocycles. The Labute approximate surface area is 210 Å². The van der Waals surface area contributed by atoms with Gasteiger partial charge >= 0.3 is 0 Å². The van der Waals surface area contributed by atoms with Crippen molar-refractivity contribution >= 4 is 23.2 Å². The van der Waals surface area contributed by atoms with Gasteiger partial charge in [-0.25, -0.2) is 0 Å². The highest BCUT2D eigenvalue weighted by molar-refractivity contribution is 7.08. The third-order valence-corrected chi connectivity index (χ3v) is 7.79. The van der Waals surface area contributed by atoms with E-state index in [1.165, 1.54) is 11.3 Å². The van der Waals surface area contributed by atoms with Crippen LogP contribution < -0.4 is 4.74 Å². The molecule has 0 bridgehead atoms. The molecule has 7 nitrogen and oxygen atoms in total. The van der Waals surface area contributed by atoms with Crippen LogP contribution in [0.4, 0.5) is 0 Å². The number of methoxy groups -OCH3 is 1. The lowest BCUT2D eigenvalue weighted by molar-refractivity contribution is -0.132. The summed E-state index contributed by atoms with van der Waals surface area (Å²) >= 11 is 1.53. The minimum Gasteiger partial charge on any atom is -0.497 e. The smallest absolute Gasteiger partial charge is 0.254 e. The fraction of sp³-hybridized carbons (Fsp3) is 0.444. The van der Waals surface area contributed by atoms with Gasteiger partial charge in [0.05, 0.1) is 24.8 Å². The molecule has 0 unspecified atom stereocenters. The lowest BCUT2D eigenvalue weighted by Gasteiger charge is -2.40. The van der Waals surface area contributed by atoms with E-state index >= 15 is 0 Å². The van der Waals surface area contributed by atoms with Crippen LogP contribution in [0.1, 0.15) is 45.8 Å². The van der Waals surface area contributed by atoms with Gasteiger partial charge in [0.2, 0.25) is 5.91 Å². The predicted octanol–water partition coefficient (Wildman–Crippen LogP) is 4.53. The number of thiophene rings is 1. The monoisotopic (exact) mass is 495 g/mol. The van der Waals surface area contributed by atoms with Gasteiger partial charge in [-0.2, -0.15) is 11.3 Å². The molecule has 35 heavy (non-hydrogen) atoms. The molecule has 3 heterocycles. The molecule has 4 rings (SSSR count). The maximum Gasteiger partial charge on any atom is 0.254 e. The molecule has 1 fully saturated rings. The highest BCUT2D eigenvalue weighted by Gasteiger charge is 2.33. The number of hydrogen-bond acceptors (Lipinski definition) is 6. The molecule has 3 aromatic rings. The zero-order chi connectivity index (χ0) is 24.9. The van der Waals surface area contributed by atoms with Gasteiger partial charge in [-0.3, -0.25) is 9.59 Å². The van der Waals surface area contributed by atoms with Crippen LogP contribution >= 0.6 is 11.3 Å². The molecular formula is C27H33N3O4S. The van der Waals surface area contributed by atoms with Crippen LogP contribution in [0.15, 0.2) is 45.6 Å². The van der Waals surface area contributed by atoms with E-state index in [4.69, 9.17) is 9.26 Å². The van der Waals surface area contributed by atoms with E-state index in [1.807, 2.05) is 65.7 Å². The van der Waals surface area contributed by atoms with E-state index < -0.39 is 0 Å². The van der Waals surface area contributed by atoms with Gasteiger partial charge in [0.25, 0.3) is 5.91 Å². The number of carbonyl (C=O) groups is 2. The largest absolute Gasteiger partial charge is 0.497 e. The summed E-state index contributed by atoms with van der Waals surface area (Å²) in [6.07, 6.45) is 2.75. The predicted molar refractivity (Wildman–Crippen MR) is 136 cm³/mol. The molecule has 0 N–H and O–H groups in total. The minimum atomic E-state index is 0.0225. The Bertz CT molecular complexity index is 1130. The van der Waals surface area contributed by atoms with Crippen molar-refractivity contribution in [2.75, 3.05) is 27.2 Å². The summed E-state index contributed by atoms with van der Waals surface area (Å²) in [6, 6.07) is 9.94. The highest BCUT2D eigenvalue weighted by atomic mass is 32.1. The Morgan fingerprint density at radius 3 is 2.66 bits per heavy atom. The molecular weight excluding hydrogens is 462 g/mol. The second-order valence-electron chi connectivity index (χ2n) is 9.25. The number of aryl methyl sites for hydroxylation is 2. The molecule has 0 saturated carbocycles. The standard InChI is InChI=1S/C27H33N3O4S/c1-18-24(19(2)34-28-18)16-26(31)30-11-8-21(9-12-30)25(15-20-6-5-7-23(14-20)33-4)29(3)27(32)22-10-13-35-17-22/h5-7,10,13-14,17,21,25H,8-9,11-12,15-16H2,1-4H3/t25-/m0/s1. The molecule has 2 aromatic heterocycles. The third kappa shape index (κ3) is 5.75. The second-order valence-corrected chi connectivity index (χ2v) is 10.0. The number of benzene rings is 1. The maximum atomic E-state index is 13.2. The normalized spacial score (nSPS) is 15.1. The first-order valence-electron chi connectivity index (χ1n) is 12.0. The molecule has 186 valence electrons. The van der Waals surface area contributed by atoms with Gasteiger partial charge in [0.15, 0.2) is 0 Å². The van der Waals surface area contributed by atoms with Crippen LogP contribution in [0.3, 0.4) is 0 Å². The van der Waals surface area contributed by atoms with E-state index in [-0.39, 0.29) is 23.8 Å². The number of amides is 2. The topological polar surface area (TPSA) is 75.9 Å². The molecule has 1 atom stereocenters. The average molecular weight is 496 g/mol. The number of likely N-dealkylation sites (tertiary alicyclic amines) is 1. The number of carbonyl (C=O) groups excluding carboxylic acids is 2. The van der Waals surface area contributed by atoms with Crippen molar-refractivity contribution in [1.29, 1.82) is 0 Å². The van der Waals surface area contributed by atoms with Crippen molar-refractivity contribution in [2.45, 2.75) is 45.6 Å². The fourth-order valence-electron chi connectivity index (χ4n) is 4.95. The maximum absolute atomic E-state index is 13.2. The van der Waals surface area contributed by atoms with E-state index in [0.717, 1.165) is 47.4 Å². The first-order valence-corrected chi connectivity index (χ1v) is 12.9. The molecule has 0 spiro atoms. The highest BCUT2D eigenvalue weighted by Crippen LogP contribution is 2.29. The number of nitrogens with zero attached hydrogens (tertiary/aromatic N) is 3. The number of piperidine rings is 1. The lowest BCUT2D eigenvalue weighted by Crippen LogP contribution is -2.48. The molecule has 0 radical (unpaired) electrons. The summed E-state index contributed by atoms with van der Waals surface area (Å²) in [6.45, 7) is 5.08. The lowest BCUT2D eigenvalue weighted by atomic mass is 9.84. The zero-order valence-corrected chi connectivity index (χ0v) is 21.6. The van der Waals surface area contributed by atoms with Gasteiger partial charge < -0.3 is 19.1 Å². The first-order chi connectivity index (χ1) is 16.9. The van der Waals surface area contributed by atoms with Crippen LogP contribution in [-0.4, -0.2) is 60.1 Å². The van der Waals surface area contributed by atoms with Crippen molar-refractivity contribution in [3.63, 3.8) is 0 Å². The average Bonchev–Trinajstić information content (AvgIpc) is 3.53. The Morgan fingerprint density at radius 1 is 1.26 bits per heavy atom. The summed E-state index contributed by atoms with van der Waals surface area (Å²) in [4.78, 5) is 30.1. The number of aromatic nitrogens is 1. The molecule has 8 heteroatoms. The van der Waals surface area contributed by atoms with Crippen molar-refractivity contribution in [2.24, 2.45) is 5.92 Å². The number of ether oxygens (including phenoxy) is 1. The summed E-state index contributed by atoms with van der Waals surface area (Å²) in [5.41, 5.74) is 3.52. The molecule has 1 aliphatic heterocycles. The zero-order valence-electron chi connectivity index (χ0n) is 20.8. The van der Waals surface area contributed by atoms with Crippen molar-refractivity contribution < 1.29 is 18.8 Å². The molecule has 2 amide bonds. The Morgan fingerprint density at radius 2 is 2.03 bits per heavy atom.